The molecule has 0 radical (unpaired) electrons. The van der Waals surface area contributed by atoms with Crippen LogP contribution >= 0.6 is 0 Å². The van der Waals surface area contributed by atoms with Crippen LogP contribution in [-0.4, -0.2) is 40.9 Å². The van der Waals surface area contributed by atoms with Gasteiger partial charge < -0.3 is 14.9 Å². The van der Waals surface area contributed by atoms with Crippen molar-refractivity contribution in [3.63, 3.8) is 0 Å². The second-order valence-electron chi connectivity index (χ2n) is 5.45. The largest absolute Gasteiger partial charge is 0.504 e. The summed E-state index contributed by atoms with van der Waals surface area (Å²) < 4.78 is 5.88. The highest BCUT2D eigenvalue weighted by Crippen LogP contribution is 2.47. The third-order valence-electron chi connectivity index (χ3n) is 3.91. The predicted molar refractivity (Wildman–Crippen MR) is 77.7 cm³/mol. The maximum absolute atomic E-state index is 10.0. The van der Waals surface area contributed by atoms with Crippen molar-refractivity contribution in [1.82, 2.24) is 4.90 Å². The summed E-state index contributed by atoms with van der Waals surface area (Å²) in [7, 11) is 2.06. The standard InChI is InChI=1S/C16H19NO3/c1-3-11(18)8-14-12-6-7-17(2)9-10-4-5-13(19)16(20-14)15(10)12/h3-6,11,14,18-19H,1,7-9H2,2H3. The highest BCUT2D eigenvalue weighted by atomic mass is 16.5. The summed E-state index contributed by atoms with van der Waals surface area (Å²) >= 11 is 0. The molecule has 2 unspecified atom stereocenters. The second-order valence-corrected chi connectivity index (χ2v) is 5.45. The van der Waals surface area contributed by atoms with E-state index in [4.69, 9.17) is 4.74 Å². The smallest absolute Gasteiger partial charge is 0.169 e. The van der Waals surface area contributed by atoms with Gasteiger partial charge in [-0.15, -0.1) is 6.58 Å². The van der Waals surface area contributed by atoms with Crippen LogP contribution in [0, 0.1) is 0 Å². The molecule has 106 valence electrons. The summed E-state index contributed by atoms with van der Waals surface area (Å²) in [4.78, 5) is 2.21. The molecule has 0 saturated carbocycles. The first-order valence-corrected chi connectivity index (χ1v) is 6.81. The molecule has 3 rings (SSSR count). The van der Waals surface area contributed by atoms with Gasteiger partial charge in [0.05, 0.1) is 6.10 Å². The Hall–Kier alpha value is -1.78. The summed E-state index contributed by atoms with van der Waals surface area (Å²) in [6, 6.07) is 3.62. The van der Waals surface area contributed by atoms with E-state index in [0.717, 1.165) is 29.8 Å². The van der Waals surface area contributed by atoms with Crippen molar-refractivity contribution >= 4 is 5.57 Å². The molecule has 0 amide bonds. The topological polar surface area (TPSA) is 52.9 Å². The van der Waals surface area contributed by atoms with Crippen LogP contribution in [0.15, 0.2) is 30.9 Å². The number of aromatic hydroxyl groups is 1. The molecule has 0 fully saturated rings. The van der Waals surface area contributed by atoms with Crippen LogP contribution < -0.4 is 4.74 Å². The Bertz CT molecular complexity index is 579. The lowest BCUT2D eigenvalue weighted by Gasteiger charge is -2.16. The van der Waals surface area contributed by atoms with Gasteiger partial charge in [0.1, 0.15) is 6.10 Å². The summed E-state index contributed by atoms with van der Waals surface area (Å²) in [5.41, 5.74) is 3.21. The predicted octanol–water partition coefficient (Wildman–Crippen LogP) is 1.92. The maximum Gasteiger partial charge on any atom is 0.169 e. The van der Waals surface area contributed by atoms with Crippen molar-refractivity contribution in [2.75, 3.05) is 13.6 Å². The molecule has 1 aromatic rings. The van der Waals surface area contributed by atoms with E-state index in [1.807, 2.05) is 6.07 Å². The lowest BCUT2D eigenvalue weighted by molar-refractivity contribution is 0.155. The number of nitrogens with zero attached hydrogens (tertiary/aromatic N) is 1. The molecular weight excluding hydrogens is 254 g/mol. The van der Waals surface area contributed by atoms with Crippen LogP contribution in [0.2, 0.25) is 0 Å². The number of hydrogen-bond acceptors (Lipinski definition) is 4. The summed E-state index contributed by atoms with van der Waals surface area (Å²) in [6.45, 7) is 5.25. The van der Waals surface area contributed by atoms with Gasteiger partial charge >= 0.3 is 0 Å². The number of phenolic OH excluding ortho intramolecular Hbond substituents is 1. The molecule has 2 aliphatic rings. The van der Waals surface area contributed by atoms with Crippen molar-refractivity contribution in [3.8, 4) is 11.5 Å². The molecule has 0 spiro atoms. The van der Waals surface area contributed by atoms with Crippen molar-refractivity contribution in [2.24, 2.45) is 0 Å². The van der Waals surface area contributed by atoms with Crippen LogP contribution in [0.1, 0.15) is 17.5 Å². The highest BCUT2D eigenvalue weighted by Gasteiger charge is 2.35. The van der Waals surface area contributed by atoms with E-state index in [1.165, 1.54) is 6.08 Å². The first-order chi connectivity index (χ1) is 9.60. The Balaban J connectivity index is 2.05. The van der Waals surface area contributed by atoms with Crippen LogP contribution in [0.25, 0.3) is 5.57 Å². The minimum absolute atomic E-state index is 0.162. The monoisotopic (exact) mass is 273 g/mol. The number of aliphatic hydroxyl groups is 1. The fourth-order valence-corrected chi connectivity index (χ4v) is 2.88. The van der Waals surface area contributed by atoms with Gasteiger partial charge in [-0.3, -0.25) is 4.90 Å². The molecule has 2 atom stereocenters. The fourth-order valence-electron chi connectivity index (χ4n) is 2.88. The zero-order chi connectivity index (χ0) is 14.3. The van der Waals surface area contributed by atoms with Crippen molar-refractivity contribution < 1.29 is 14.9 Å². The van der Waals surface area contributed by atoms with E-state index in [9.17, 15) is 10.2 Å². The number of ether oxygens (including phenoxy) is 1. The first-order valence-electron chi connectivity index (χ1n) is 6.81. The maximum atomic E-state index is 10.0. The minimum Gasteiger partial charge on any atom is -0.504 e. The van der Waals surface area contributed by atoms with E-state index < -0.39 is 6.10 Å². The third kappa shape index (κ3) is 2.11. The van der Waals surface area contributed by atoms with Gasteiger partial charge in [-0.25, -0.2) is 0 Å². The van der Waals surface area contributed by atoms with E-state index in [-0.39, 0.29) is 11.9 Å². The average Bonchev–Trinajstić information content (AvgIpc) is 2.69. The molecular formula is C16H19NO3. The fraction of sp³-hybridized carbons (Fsp3) is 0.375. The second kappa shape index (κ2) is 4.96. The molecule has 0 aliphatic carbocycles. The Morgan fingerprint density at radius 3 is 3.10 bits per heavy atom. The Morgan fingerprint density at radius 2 is 2.35 bits per heavy atom. The molecule has 4 heteroatoms. The molecule has 2 heterocycles. The molecule has 0 bridgehead atoms. The van der Waals surface area contributed by atoms with E-state index in [1.54, 1.807) is 6.07 Å². The van der Waals surface area contributed by atoms with Gasteiger partial charge in [0.2, 0.25) is 0 Å². The number of likely N-dealkylation sites (N-methyl/N-ethyl adjacent to an activating group) is 1. The number of rotatable bonds is 3. The molecule has 1 aromatic carbocycles. The van der Waals surface area contributed by atoms with Crippen LogP contribution in [0.5, 0.6) is 11.5 Å². The minimum atomic E-state index is -0.609. The van der Waals surface area contributed by atoms with E-state index in [2.05, 4.69) is 24.6 Å². The average molecular weight is 273 g/mol. The van der Waals surface area contributed by atoms with Crippen LogP contribution in [0.4, 0.5) is 0 Å². The highest BCUT2D eigenvalue weighted by molar-refractivity contribution is 5.82. The Labute approximate surface area is 118 Å². The lowest BCUT2D eigenvalue weighted by atomic mass is 9.95. The molecule has 2 N–H and O–H groups in total. The summed E-state index contributed by atoms with van der Waals surface area (Å²) in [5.74, 6) is 0.708. The van der Waals surface area contributed by atoms with Crippen LogP contribution in [-0.2, 0) is 6.54 Å². The molecule has 4 nitrogen and oxygen atoms in total. The van der Waals surface area contributed by atoms with E-state index in [0.29, 0.717) is 12.2 Å². The number of aliphatic hydroxyl groups excluding tert-OH is 1. The zero-order valence-electron chi connectivity index (χ0n) is 11.5. The van der Waals surface area contributed by atoms with E-state index >= 15 is 0 Å². The van der Waals surface area contributed by atoms with Gasteiger partial charge in [0.15, 0.2) is 11.5 Å². The normalized spacial score (nSPS) is 22.5. The quantitative estimate of drug-likeness (QED) is 0.826. The van der Waals surface area contributed by atoms with Gasteiger partial charge in [0, 0.05) is 30.6 Å². The SMILES string of the molecule is C=CC(O)CC1Oc2c(O)ccc3c2C1=CCN(C)C3. The summed E-state index contributed by atoms with van der Waals surface area (Å²) in [6.07, 6.45) is 3.25. The first kappa shape index (κ1) is 13.2. The van der Waals surface area contributed by atoms with Gasteiger partial charge in [-0.1, -0.05) is 18.2 Å². The number of hydrogen-bond donors (Lipinski definition) is 2. The van der Waals surface area contributed by atoms with Crippen molar-refractivity contribution in [3.05, 3.63) is 42.0 Å². The molecule has 0 aromatic heterocycles. The van der Waals surface area contributed by atoms with Crippen LogP contribution in [0.3, 0.4) is 0 Å². The van der Waals surface area contributed by atoms with Crippen molar-refractivity contribution in [1.29, 1.82) is 0 Å². The van der Waals surface area contributed by atoms with Gasteiger partial charge in [-0.2, -0.15) is 0 Å². The zero-order valence-corrected chi connectivity index (χ0v) is 11.5. The van der Waals surface area contributed by atoms with Gasteiger partial charge in [-0.05, 0) is 18.7 Å². The molecule has 2 aliphatic heterocycles. The Morgan fingerprint density at radius 1 is 1.55 bits per heavy atom. The third-order valence-corrected chi connectivity index (χ3v) is 3.91. The summed E-state index contributed by atoms with van der Waals surface area (Å²) in [5, 5.41) is 19.8. The number of benzene rings is 1. The van der Waals surface area contributed by atoms with Crippen molar-refractivity contribution in [2.45, 2.75) is 25.2 Å². The lowest BCUT2D eigenvalue weighted by Crippen LogP contribution is -2.20. The molecule has 0 saturated heterocycles. The molecule has 20 heavy (non-hydrogen) atoms. The number of phenols is 1. The Kier molecular flexibility index (Phi) is 3.28. The van der Waals surface area contributed by atoms with Gasteiger partial charge in [0.25, 0.3) is 0 Å².